The Kier molecular flexibility index (Phi) is 9.08. The van der Waals surface area contributed by atoms with Gasteiger partial charge in [-0.2, -0.15) is 0 Å². The van der Waals surface area contributed by atoms with Crippen molar-refractivity contribution in [2.75, 3.05) is 13.2 Å². The molecule has 40 heavy (non-hydrogen) atoms. The summed E-state index contributed by atoms with van der Waals surface area (Å²) in [6.45, 7) is 4.66. The molecule has 206 valence electrons. The Labute approximate surface area is 235 Å². The van der Waals surface area contributed by atoms with E-state index in [4.69, 9.17) is 32.1 Å². The van der Waals surface area contributed by atoms with Gasteiger partial charge in [0.1, 0.15) is 17.2 Å². The van der Waals surface area contributed by atoms with Gasteiger partial charge in [-0.25, -0.2) is 0 Å². The highest BCUT2D eigenvalue weighted by Crippen LogP contribution is 2.71. The molecule has 0 N–H and O–H groups in total. The van der Waals surface area contributed by atoms with Crippen LogP contribution in [0, 0.1) is 0 Å². The van der Waals surface area contributed by atoms with Crippen LogP contribution in [0.4, 0.5) is 0 Å². The fourth-order valence-electron chi connectivity index (χ4n) is 3.59. The minimum absolute atomic E-state index is 0.296. The quantitative estimate of drug-likeness (QED) is 0.151. The van der Waals surface area contributed by atoms with Crippen molar-refractivity contribution in [2.24, 2.45) is 13.5 Å². The average Bonchev–Trinajstić information content (AvgIpc) is 2.96. The number of nitrogens with zero attached hydrogens (tertiary/aromatic N) is 3. The monoisotopic (exact) mass is 595 g/mol. The first kappa shape index (κ1) is 27.8. The van der Waals surface area contributed by atoms with E-state index in [1.165, 1.54) is 0 Å². The lowest BCUT2D eigenvalue weighted by Gasteiger charge is -2.28. The molecule has 4 aromatic rings. The predicted molar refractivity (Wildman–Crippen MR) is 159 cm³/mol. The van der Waals surface area contributed by atoms with E-state index >= 15 is 0 Å². The largest absolute Gasteiger partial charge is 0.490 e. The molecule has 0 bridgehead atoms. The van der Waals surface area contributed by atoms with Crippen LogP contribution in [0.2, 0.25) is 0 Å². The van der Waals surface area contributed by atoms with E-state index < -0.39 is 15.3 Å². The Balaban J connectivity index is 1.67. The summed E-state index contributed by atoms with van der Waals surface area (Å²) in [6.07, 6.45) is 0. The van der Waals surface area contributed by atoms with E-state index in [0.717, 1.165) is 0 Å². The summed E-state index contributed by atoms with van der Waals surface area (Å²) in [4.78, 5) is 0. The summed E-state index contributed by atoms with van der Waals surface area (Å²) in [5.74, 6) is 2.96. The maximum atomic E-state index is 6.60. The van der Waals surface area contributed by atoms with Gasteiger partial charge in [-0.15, -0.1) is 9.03 Å². The second-order valence-electron chi connectivity index (χ2n) is 8.09. The summed E-state index contributed by atoms with van der Waals surface area (Å²) in [5, 5.41) is 0. The molecule has 4 aromatic carbocycles. The number of para-hydroxylation sites is 4. The van der Waals surface area contributed by atoms with Gasteiger partial charge in [0.15, 0.2) is 20.0 Å². The molecule has 0 saturated heterocycles. The zero-order valence-corrected chi connectivity index (χ0v) is 24.6. The molecule has 12 heteroatoms. The standard InChI is InChI=1S/C28H28N3O6P3/c1-3-32-26-21-14-22-27(28(26)33-4-2)37-40(36-25-19-12-7-13-20-25)30-38-29-39(31-40,34-23-15-8-5-9-16-23)35-24-17-10-6-11-18-24/h5-22H,3-4H2,1-2H3. The van der Waals surface area contributed by atoms with Gasteiger partial charge in [0.25, 0.3) is 0 Å². The van der Waals surface area contributed by atoms with Crippen LogP contribution in [-0.2, 0) is 0 Å². The topological polar surface area (TPSA) is 92.5 Å². The summed E-state index contributed by atoms with van der Waals surface area (Å²) in [6, 6.07) is 33.2. The third-order valence-corrected chi connectivity index (χ3v) is 11.2. The zero-order chi connectivity index (χ0) is 27.7. The van der Waals surface area contributed by atoms with Crippen LogP contribution in [0.25, 0.3) is 0 Å². The van der Waals surface area contributed by atoms with Crippen LogP contribution in [0.15, 0.2) is 123 Å². The molecule has 0 saturated carbocycles. The van der Waals surface area contributed by atoms with E-state index in [1.807, 2.05) is 117 Å². The lowest BCUT2D eigenvalue weighted by molar-refractivity contribution is 0.280. The van der Waals surface area contributed by atoms with Gasteiger partial charge in [-0.05, 0) is 62.4 Å². The normalized spacial score (nSPS) is 17.4. The zero-order valence-electron chi connectivity index (χ0n) is 21.9. The first-order chi connectivity index (χ1) is 19.6. The van der Waals surface area contributed by atoms with Crippen molar-refractivity contribution in [3.05, 3.63) is 109 Å². The number of hydrogen-bond acceptors (Lipinski definition) is 9. The van der Waals surface area contributed by atoms with Crippen molar-refractivity contribution in [1.82, 2.24) is 0 Å². The molecule has 0 radical (unpaired) electrons. The Morgan fingerprint density at radius 2 is 1.05 bits per heavy atom. The van der Waals surface area contributed by atoms with Gasteiger partial charge in [0.05, 0.1) is 13.2 Å². The number of ether oxygens (including phenoxy) is 2. The predicted octanol–water partition coefficient (Wildman–Crippen LogP) is 10.1. The highest BCUT2D eigenvalue weighted by Gasteiger charge is 2.40. The van der Waals surface area contributed by atoms with Crippen molar-refractivity contribution in [2.45, 2.75) is 13.8 Å². The van der Waals surface area contributed by atoms with E-state index in [0.29, 0.717) is 56.2 Å². The molecule has 0 aliphatic carbocycles. The summed E-state index contributed by atoms with van der Waals surface area (Å²) in [7, 11) is -6.63. The van der Waals surface area contributed by atoms with Gasteiger partial charge in [0.2, 0.25) is 5.75 Å². The molecule has 9 nitrogen and oxygen atoms in total. The van der Waals surface area contributed by atoms with Gasteiger partial charge >= 0.3 is 15.3 Å². The maximum absolute atomic E-state index is 6.60. The lowest BCUT2D eigenvalue weighted by atomic mass is 10.3. The molecule has 1 heterocycles. The van der Waals surface area contributed by atoms with Crippen LogP contribution in [0.3, 0.4) is 0 Å². The van der Waals surface area contributed by atoms with Gasteiger partial charge in [0, 0.05) is 0 Å². The van der Waals surface area contributed by atoms with Gasteiger partial charge < -0.3 is 27.6 Å². The van der Waals surface area contributed by atoms with Crippen molar-refractivity contribution in [3.8, 4) is 34.5 Å². The molecule has 0 aromatic heterocycles. The van der Waals surface area contributed by atoms with E-state index in [2.05, 4.69) is 9.03 Å². The minimum Gasteiger partial charge on any atom is -0.490 e. The molecule has 1 aliphatic rings. The summed E-state index contributed by atoms with van der Waals surface area (Å²) >= 11 is 0. The third-order valence-electron chi connectivity index (χ3n) is 5.18. The molecule has 0 spiro atoms. The van der Waals surface area contributed by atoms with Gasteiger partial charge in [-0.1, -0.05) is 65.2 Å². The van der Waals surface area contributed by atoms with Crippen molar-refractivity contribution < 1.29 is 27.6 Å². The van der Waals surface area contributed by atoms with Crippen molar-refractivity contribution in [3.63, 3.8) is 0 Å². The first-order valence-corrected chi connectivity index (χ1v) is 16.5. The fourth-order valence-corrected chi connectivity index (χ4v) is 9.77. The number of rotatable bonds is 12. The first-order valence-electron chi connectivity index (χ1n) is 12.6. The highest BCUT2D eigenvalue weighted by atomic mass is 31.3. The van der Waals surface area contributed by atoms with E-state index in [1.54, 1.807) is 6.07 Å². The molecule has 1 unspecified atom stereocenters. The number of benzene rings is 4. The molecule has 0 amide bonds. The highest BCUT2D eigenvalue weighted by molar-refractivity contribution is 7.73. The Morgan fingerprint density at radius 3 is 1.57 bits per heavy atom. The minimum atomic E-state index is -3.51. The molecule has 1 atom stereocenters. The Morgan fingerprint density at radius 1 is 0.550 bits per heavy atom. The molecule has 5 rings (SSSR count). The fraction of sp³-hybridized carbons (Fsp3) is 0.143. The SMILES string of the molecule is CCOc1cccc(OP2(Oc3ccccc3)=NP=NP(Oc3ccccc3)(Oc3ccccc3)=N2)c1OCC. The van der Waals surface area contributed by atoms with Crippen LogP contribution in [0.5, 0.6) is 34.5 Å². The average molecular weight is 595 g/mol. The Hall–Kier alpha value is -3.76. The van der Waals surface area contributed by atoms with Crippen LogP contribution in [-0.4, -0.2) is 13.2 Å². The lowest BCUT2D eigenvalue weighted by Crippen LogP contribution is -2.06. The maximum Gasteiger partial charge on any atom is 0.460 e. The van der Waals surface area contributed by atoms with Crippen LogP contribution >= 0.6 is 23.8 Å². The van der Waals surface area contributed by atoms with Gasteiger partial charge in [-0.3, -0.25) is 0 Å². The smallest absolute Gasteiger partial charge is 0.460 e. The van der Waals surface area contributed by atoms with Crippen molar-refractivity contribution >= 4 is 23.8 Å². The summed E-state index contributed by atoms with van der Waals surface area (Å²) in [5.41, 5.74) is 0. The second-order valence-corrected chi connectivity index (χ2v) is 13.1. The third kappa shape index (κ3) is 6.86. The molecular weight excluding hydrogens is 567 g/mol. The van der Waals surface area contributed by atoms with Crippen LogP contribution < -0.4 is 27.6 Å². The molecule has 0 fully saturated rings. The number of hydrogen-bond donors (Lipinski definition) is 0. The molecular formula is C28H28N3O6P3. The van der Waals surface area contributed by atoms with Crippen molar-refractivity contribution in [1.29, 1.82) is 0 Å². The van der Waals surface area contributed by atoms with E-state index in [-0.39, 0.29) is 0 Å². The van der Waals surface area contributed by atoms with E-state index in [9.17, 15) is 0 Å². The Bertz CT molecular complexity index is 1510. The second kappa shape index (κ2) is 13.1. The molecule has 1 aliphatic heterocycles. The summed E-state index contributed by atoms with van der Waals surface area (Å²) < 4.78 is 52.0. The van der Waals surface area contributed by atoms with Crippen LogP contribution in [0.1, 0.15) is 13.8 Å².